The highest BCUT2D eigenvalue weighted by atomic mass is 32.2. The molecule has 0 spiro atoms. The monoisotopic (exact) mass is 280 g/mol. The van der Waals surface area contributed by atoms with Gasteiger partial charge in [-0.15, -0.1) is 0 Å². The van der Waals surface area contributed by atoms with E-state index < -0.39 is 27.8 Å². The van der Waals surface area contributed by atoms with Gasteiger partial charge in [0.05, 0.1) is 11.9 Å². The first-order valence-corrected chi connectivity index (χ1v) is 6.77. The van der Waals surface area contributed by atoms with Crippen molar-refractivity contribution in [3.63, 3.8) is 0 Å². The van der Waals surface area contributed by atoms with Gasteiger partial charge >= 0.3 is 16.3 Å². The van der Waals surface area contributed by atoms with Crippen LogP contribution in [0.4, 0.5) is 4.79 Å². The number of nitrogens with two attached hydrogens (primary N) is 1. The van der Waals surface area contributed by atoms with E-state index in [9.17, 15) is 13.2 Å². The first kappa shape index (κ1) is 16.6. The van der Waals surface area contributed by atoms with E-state index in [1.807, 2.05) is 0 Å². The fraction of sp³-hybridized carbons (Fsp3) is 0.778. The number of amides is 1. The van der Waals surface area contributed by atoms with Crippen LogP contribution in [0.15, 0.2) is 0 Å². The average molecular weight is 280 g/mol. The summed E-state index contributed by atoms with van der Waals surface area (Å²) in [5.74, 6) is -0.157. The first-order chi connectivity index (χ1) is 7.96. The van der Waals surface area contributed by atoms with Crippen molar-refractivity contribution in [2.45, 2.75) is 33.8 Å². The summed E-state index contributed by atoms with van der Waals surface area (Å²) in [5.41, 5.74) is 4.47. The van der Waals surface area contributed by atoms with Crippen LogP contribution in [0, 0.1) is 10.8 Å². The summed E-state index contributed by atoms with van der Waals surface area (Å²) in [6.45, 7) is 6.29. The van der Waals surface area contributed by atoms with Crippen LogP contribution in [0.25, 0.3) is 0 Å². The van der Waals surface area contributed by atoms with Gasteiger partial charge in [0, 0.05) is 12.0 Å². The van der Waals surface area contributed by atoms with E-state index in [1.54, 1.807) is 32.4 Å². The predicted octanol–water partition coefficient (Wildman–Crippen LogP) is -0.0824. The fourth-order valence-corrected chi connectivity index (χ4v) is 1.65. The Labute approximate surface area is 107 Å². The van der Waals surface area contributed by atoms with Gasteiger partial charge in [0.15, 0.2) is 0 Å². The van der Waals surface area contributed by atoms with Crippen molar-refractivity contribution in [3.05, 3.63) is 0 Å². The minimum Gasteiger partial charge on any atom is -0.446 e. The SMILES string of the molecule is CC(C)OC(=O)NS(=O)(=O)NCC(C)(C)C(=N)N. The third-order valence-electron chi connectivity index (χ3n) is 1.99. The summed E-state index contributed by atoms with van der Waals surface area (Å²) >= 11 is 0. The van der Waals surface area contributed by atoms with Gasteiger partial charge in [-0.3, -0.25) is 5.41 Å². The van der Waals surface area contributed by atoms with Crippen LogP contribution in [0.3, 0.4) is 0 Å². The molecule has 0 bridgehead atoms. The van der Waals surface area contributed by atoms with Gasteiger partial charge in [-0.2, -0.15) is 13.1 Å². The van der Waals surface area contributed by atoms with Crippen LogP contribution in [-0.2, 0) is 14.9 Å². The van der Waals surface area contributed by atoms with Gasteiger partial charge in [0.25, 0.3) is 0 Å². The first-order valence-electron chi connectivity index (χ1n) is 5.29. The smallest absolute Gasteiger partial charge is 0.422 e. The molecular formula is C9H20N4O4S. The third-order valence-corrected chi connectivity index (χ3v) is 2.95. The second-order valence-electron chi connectivity index (χ2n) is 4.68. The Balaban J connectivity index is 4.42. The molecule has 0 saturated carbocycles. The molecule has 8 nitrogen and oxygen atoms in total. The lowest BCUT2D eigenvalue weighted by Gasteiger charge is -2.23. The minimum atomic E-state index is -4.02. The lowest BCUT2D eigenvalue weighted by molar-refractivity contribution is 0.121. The van der Waals surface area contributed by atoms with Gasteiger partial charge < -0.3 is 10.5 Å². The zero-order valence-corrected chi connectivity index (χ0v) is 11.7. The van der Waals surface area contributed by atoms with Crippen LogP contribution < -0.4 is 15.2 Å². The Morgan fingerprint density at radius 3 is 2.33 bits per heavy atom. The molecule has 0 atom stereocenters. The number of carbonyl (C=O) groups is 1. The lowest BCUT2D eigenvalue weighted by atomic mass is 9.93. The molecule has 0 radical (unpaired) electrons. The molecule has 0 aromatic carbocycles. The zero-order valence-electron chi connectivity index (χ0n) is 10.9. The average Bonchev–Trinajstić information content (AvgIpc) is 2.12. The molecule has 0 aromatic rings. The number of carbonyl (C=O) groups excluding carboxylic acids is 1. The quantitative estimate of drug-likeness (QED) is 0.398. The van der Waals surface area contributed by atoms with E-state index in [4.69, 9.17) is 11.1 Å². The Kier molecular flexibility index (Phi) is 5.55. The molecule has 0 saturated heterocycles. The number of amidine groups is 1. The Hall–Kier alpha value is -1.35. The highest BCUT2D eigenvalue weighted by Crippen LogP contribution is 2.12. The van der Waals surface area contributed by atoms with Crippen LogP contribution in [0.1, 0.15) is 27.7 Å². The van der Waals surface area contributed by atoms with Crippen LogP contribution >= 0.6 is 0 Å². The normalized spacial score (nSPS) is 12.3. The second-order valence-corrected chi connectivity index (χ2v) is 6.18. The molecule has 0 rings (SSSR count). The molecule has 0 aliphatic carbocycles. The van der Waals surface area contributed by atoms with Gasteiger partial charge in [0.2, 0.25) is 0 Å². The molecule has 5 N–H and O–H groups in total. The molecular weight excluding hydrogens is 260 g/mol. The van der Waals surface area contributed by atoms with E-state index >= 15 is 0 Å². The van der Waals surface area contributed by atoms with E-state index in [-0.39, 0.29) is 12.4 Å². The minimum absolute atomic E-state index is 0.105. The van der Waals surface area contributed by atoms with Gasteiger partial charge in [-0.1, -0.05) is 13.8 Å². The van der Waals surface area contributed by atoms with Gasteiger partial charge in [-0.25, -0.2) is 9.52 Å². The molecule has 0 aliphatic rings. The maximum Gasteiger partial charge on any atom is 0.422 e. The number of hydrogen-bond donors (Lipinski definition) is 4. The second kappa shape index (κ2) is 6.01. The maximum absolute atomic E-state index is 11.5. The summed E-state index contributed by atoms with van der Waals surface area (Å²) in [7, 11) is -4.02. The Morgan fingerprint density at radius 2 is 1.94 bits per heavy atom. The van der Waals surface area contributed by atoms with Gasteiger partial charge in [-0.05, 0) is 13.8 Å². The molecule has 18 heavy (non-hydrogen) atoms. The van der Waals surface area contributed by atoms with Crippen molar-refractivity contribution in [1.29, 1.82) is 5.41 Å². The summed E-state index contributed by atoms with van der Waals surface area (Å²) in [4.78, 5) is 11.1. The maximum atomic E-state index is 11.5. The van der Waals surface area contributed by atoms with Gasteiger partial charge in [0.1, 0.15) is 0 Å². The Morgan fingerprint density at radius 1 is 1.44 bits per heavy atom. The van der Waals surface area contributed by atoms with Crippen molar-refractivity contribution in [1.82, 2.24) is 9.44 Å². The molecule has 0 aromatic heterocycles. The molecule has 0 fully saturated rings. The predicted molar refractivity (Wildman–Crippen MR) is 67.4 cm³/mol. The fourth-order valence-electron chi connectivity index (χ4n) is 0.755. The lowest BCUT2D eigenvalue weighted by Crippen LogP contribution is -2.47. The molecule has 0 aliphatic heterocycles. The molecule has 106 valence electrons. The third kappa shape index (κ3) is 6.40. The standard InChI is InChI=1S/C9H20N4O4S/c1-6(2)17-8(14)13-18(15,16)12-5-9(3,4)7(10)11/h6,12H,5H2,1-4H3,(H3,10,11)(H,13,14). The summed E-state index contributed by atoms with van der Waals surface area (Å²) in [6, 6.07) is 0. The van der Waals surface area contributed by atoms with Crippen molar-refractivity contribution in [3.8, 4) is 0 Å². The summed E-state index contributed by atoms with van der Waals surface area (Å²) in [6.07, 6.45) is -1.48. The number of hydrogen-bond acceptors (Lipinski definition) is 5. The zero-order chi connectivity index (χ0) is 14.6. The molecule has 1 amide bonds. The van der Waals surface area contributed by atoms with E-state index in [0.29, 0.717) is 0 Å². The molecule has 0 heterocycles. The van der Waals surface area contributed by atoms with Crippen LogP contribution in [0.2, 0.25) is 0 Å². The van der Waals surface area contributed by atoms with Crippen molar-refractivity contribution in [2.24, 2.45) is 11.1 Å². The van der Waals surface area contributed by atoms with Crippen molar-refractivity contribution >= 4 is 22.1 Å². The van der Waals surface area contributed by atoms with Crippen LogP contribution in [-0.4, -0.2) is 33.0 Å². The number of nitrogens with one attached hydrogen (secondary N) is 3. The topological polar surface area (TPSA) is 134 Å². The summed E-state index contributed by atoms with van der Waals surface area (Å²) in [5, 5.41) is 7.27. The number of ether oxygens (including phenoxy) is 1. The van der Waals surface area contributed by atoms with E-state index in [1.165, 1.54) is 0 Å². The highest BCUT2D eigenvalue weighted by Gasteiger charge is 2.25. The van der Waals surface area contributed by atoms with E-state index in [0.717, 1.165) is 0 Å². The van der Waals surface area contributed by atoms with Crippen molar-refractivity contribution in [2.75, 3.05) is 6.54 Å². The van der Waals surface area contributed by atoms with E-state index in [2.05, 4.69) is 9.46 Å². The largest absolute Gasteiger partial charge is 0.446 e. The number of rotatable bonds is 6. The van der Waals surface area contributed by atoms with Crippen molar-refractivity contribution < 1.29 is 17.9 Å². The Bertz CT molecular complexity index is 416. The van der Waals surface area contributed by atoms with Crippen LogP contribution in [0.5, 0.6) is 0 Å². The molecule has 9 heteroatoms. The summed E-state index contributed by atoms with van der Waals surface area (Å²) < 4.78 is 31.4. The highest BCUT2D eigenvalue weighted by molar-refractivity contribution is 7.88. The molecule has 0 unspecified atom stereocenters.